The zero-order chi connectivity index (χ0) is 11.7. The summed E-state index contributed by atoms with van der Waals surface area (Å²) in [5.41, 5.74) is 0. The van der Waals surface area contributed by atoms with Gasteiger partial charge in [-0.3, -0.25) is 4.79 Å². The Morgan fingerprint density at radius 3 is 2.13 bits per heavy atom. The fraction of sp³-hybridized carbons (Fsp3) is 0.923. The van der Waals surface area contributed by atoms with Crippen molar-refractivity contribution in [3.05, 3.63) is 0 Å². The first kappa shape index (κ1) is 14.6. The first-order valence-electron chi connectivity index (χ1n) is 6.33. The monoisotopic (exact) mass is 214 g/mol. The lowest BCUT2D eigenvalue weighted by atomic mass is 9.94. The van der Waals surface area contributed by atoms with Gasteiger partial charge >= 0.3 is 0 Å². The second-order valence-electron chi connectivity index (χ2n) is 4.09. The molecule has 1 unspecified atom stereocenters. The van der Waals surface area contributed by atoms with E-state index in [0.717, 1.165) is 25.7 Å². The summed E-state index contributed by atoms with van der Waals surface area (Å²) in [6.45, 7) is 8.98. The van der Waals surface area contributed by atoms with E-state index in [1.54, 1.807) is 0 Å². The van der Waals surface area contributed by atoms with Gasteiger partial charge in [-0.25, -0.2) is 0 Å². The fourth-order valence-electron chi connectivity index (χ4n) is 1.79. The predicted octanol–water partition coefficient (Wildman–Crippen LogP) is 3.59. The molecule has 0 spiro atoms. The third-order valence-electron chi connectivity index (χ3n) is 2.92. The highest BCUT2D eigenvalue weighted by molar-refractivity contribution is 5.83. The van der Waals surface area contributed by atoms with Crippen molar-refractivity contribution in [3.8, 4) is 0 Å². The highest BCUT2D eigenvalue weighted by atomic mass is 16.5. The number of carbonyl (C=O) groups excluding carboxylic acids is 1. The number of Topliss-reactive ketones (excluding diaryl/α,β-unsaturated/α-hetero) is 1. The van der Waals surface area contributed by atoms with Crippen LogP contribution < -0.4 is 0 Å². The molecule has 0 saturated carbocycles. The molecule has 0 fully saturated rings. The molecule has 0 radical (unpaired) electrons. The van der Waals surface area contributed by atoms with Crippen molar-refractivity contribution in [1.82, 2.24) is 0 Å². The van der Waals surface area contributed by atoms with E-state index in [1.165, 1.54) is 0 Å². The molecule has 0 bridgehead atoms. The Hall–Kier alpha value is -0.370. The van der Waals surface area contributed by atoms with Gasteiger partial charge in [0, 0.05) is 13.0 Å². The highest BCUT2D eigenvalue weighted by Crippen LogP contribution is 2.16. The lowest BCUT2D eigenvalue weighted by Gasteiger charge is -2.18. The quantitative estimate of drug-likeness (QED) is 0.586. The summed E-state index contributed by atoms with van der Waals surface area (Å²) < 4.78 is 5.48. The van der Waals surface area contributed by atoms with Crippen molar-refractivity contribution in [2.75, 3.05) is 6.61 Å². The molecule has 0 aromatic heterocycles. The van der Waals surface area contributed by atoms with Gasteiger partial charge in [0.2, 0.25) is 0 Å². The fourth-order valence-corrected chi connectivity index (χ4v) is 1.79. The van der Waals surface area contributed by atoms with Crippen LogP contribution in [0.3, 0.4) is 0 Å². The molecule has 0 aliphatic carbocycles. The van der Waals surface area contributed by atoms with E-state index in [9.17, 15) is 4.79 Å². The van der Waals surface area contributed by atoms with Crippen LogP contribution in [0.4, 0.5) is 0 Å². The second kappa shape index (κ2) is 8.90. The third kappa shape index (κ3) is 5.93. The first-order chi connectivity index (χ1) is 7.19. The number of hydrogen-bond acceptors (Lipinski definition) is 2. The van der Waals surface area contributed by atoms with Crippen molar-refractivity contribution < 1.29 is 9.53 Å². The summed E-state index contributed by atoms with van der Waals surface area (Å²) in [7, 11) is 0. The van der Waals surface area contributed by atoms with E-state index in [2.05, 4.69) is 20.8 Å². The molecule has 0 N–H and O–H groups in total. The second-order valence-corrected chi connectivity index (χ2v) is 4.09. The van der Waals surface area contributed by atoms with Crippen LogP contribution in [0.25, 0.3) is 0 Å². The van der Waals surface area contributed by atoms with Gasteiger partial charge in [0.25, 0.3) is 0 Å². The Labute approximate surface area is 94.4 Å². The minimum absolute atomic E-state index is 0.152. The van der Waals surface area contributed by atoms with Crippen molar-refractivity contribution in [1.29, 1.82) is 0 Å². The Morgan fingerprint density at radius 1 is 1.13 bits per heavy atom. The van der Waals surface area contributed by atoms with Crippen LogP contribution in [0, 0.1) is 5.92 Å². The largest absolute Gasteiger partial charge is 0.371 e. The zero-order valence-electron chi connectivity index (χ0n) is 10.7. The van der Waals surface area contributed by atoms with Crippen LogP contribution >= 0.6 is 0 Å². The number of ether oxygens (including phenoxy) is 1. The van der Waals surface area contributed by atoms with E-state index in [-0.39, 0.29) is 6.10 Å². The molecule has 2 nitrogen and oxygen atoms in total. The summed E-state index contributed by atoms with van der Waals surface area (Å²) in [5.74, 6) is 0.838. The molecule has 90 valence electrons. The Morgan fingerprint density at radius 2 is 1.73 bits per heavy atom. The molecular formula is C13H26O2. The van der Waals surface area contributed by atoms with Gasteiger partial charge in [0.1, 0.15) is 6.10 Å². The molecule has 2 heteroatoms. The predicted molar refractivity (Wildman–Crippen MR) is 64.0 cm³/mol. The lowest BCUT2D eigenvalue weighted by Crippen LogP contribution is -2.26. The van der Waals surface area contributed by atoms with Gasteiger partial charge in [0.15, 0.2) is 5.78 Å². The van der Waals surface area contributed by atoms with Gasteiger partial charge in [-0.15, -0.1) is 0 Å². The minimum atomic E-state index is -0.152. The average molecular weight is 214 g/mol. The van der Waals surface area contributed by atoms with Crippen molar-refractivity contribution in [2.45, 2.75) is 65.9 Å². The summed E-state index contributed by atoms with van der Waals surface area (Å²) in [4.78, 5) is 11.9. The first-order valence-corrected chi connectivity index (χ1v) is 6.33. The van der Waals surface area contributed by atoms with Crippen LogP contribution in [0.1, 0.15) is 59.8 Å². The highest BCUT2D eigenvalue weighted by Gasteiger charge is 2.20. The topological polar surface area (TPSA) is 26.3 Å². The van der Waals surface area contributed by atoms with E-state index >= 15 is 0 Å². The van der Waals surface area contributed by atoms with Crippen LogP contribution in [-0.2, 0) is 9.53 Å². The molecular weight excluding hydrogens is 188 g/mol. The van der Waals surface area contributed by atoms with Gasteiger partial charge in [0.05, 0.1) is 0 Å². The maximum Gasteiger partial charge on any atom is 0.161 e. The van der Waals surface area contributed by atoms with Crippen molar-refractivity contribution in [3.63, 3.8) is 0 Å². The van der Waals surface area contributed by atoms with Crippen LogP contribution in [0.5, 0.6) is 0 Å². The molecule has 0 aromatic rings. The van der Waals surface area contributed by atoms with E-state index in [4.69, 9.17) is 4.74 Å². The van der Waals surface area contributed by atoms with E-state index in [0.29, 0.717) is 24.7 Å². The van der Waals surface area contributed by atoms with Crippen molar-refractivity contribution >= 4 is 5.78 Å². The zero-order valence-corrected chi connectivity index (χ0v) is 10.7. The van der Waals surface area contributed by atoms with E-state index in [1.807, 2.05) is 6.92 Å². The maximum absolute atomic E-state index is 11.9. The van der Waals surface area contributed by atoms with Gasteiger partial charge in [-0.2, -0.15) is 0 Å². The molecule has 0 amide bonds. The van der Waals surface area contributed by atoms with Crippen LogP contribution in [-0.4, -0.2) is 18.5 Å². The van der Waals surface area contributed by atoms with Gasteiger partial charge in [-0.05, 0) is 19.3 Å². The number of carbonyl (C=O) groups is 1. The summed E-state index contributed by atoms with van der Waals surface area (Å²) in [6, 6.07) is 0. The van der Waals surface area contributed by atoms with Crippen molar-refractivity contribution in [2.24, 2.45) is 5.92 Å². The third-order valence-corrected chi connectivity index (χ3v) is 2.92. The Balaban J connectivity index is 4.10. The molecule has 0 rings (SSSR count). The maximum atomic E-state index is 11.9. The van der Waals surface area contributed by atoms with Crippen LogP contribution in [0.2, 0.25) is 0 Å². The minimum Gasteiger partial charge on any atom is -0.371 e. The van der Waals surface area contributed by atoms with Crippen LogP contribution in [0.15, 0.2) is 0 Å². The summed E-state index contributed by atoms with van der Waals surface area (Å²) >= 11 is 0. The lowest BCUT2D eigenvalue weighted by molar-refractivity contribution is -0.131. The van der Waals surface area contributed by atoms with Gasteiger partial charge in [-0.1, -0.05) is 40.0 Å². The van der Waals surface area contributed by atoms with Gasteiger partial charge < -0.3 is 4.74 Å². The smallest absolute Gasteiger partial charge is 0.161 e. The Bertz CT molecular complexity index is 156. The average Bonchev–Trinajstić information content (AvgIpc) is 2.25. The number of ketones is 1. The molecule has 1 atom stereocenters. The SMILES string of the molecule is CCCC(OCC)C(=O)CC(CC)CC. The summed E-state index contributed by atoms with van der Waals surface area (Å²) in [5, 5.41) is 0. The Kier molecular flexibility index (Phi) is 8.68. The molecule has 0 aromatic carbocycles. The molecule has 0 aliphatic rings. The number of hydrogen-bond donors (Lipinski definition) is 0. The van der Waals surface area contributed by atoms with E-state index < -0.39 is 0 Å². The molecule has 0 aliphatic heterocycles. The molecule has 0 saturated heterocycles. The number of rotatable bonds is 9. The normalized spacial score (nSPS) is 13.1. The molecule has 15 heavy (non-hydrogen) atoms. The summed E-state index contributed by atoms with van der Waals surface area (Å²) in [6.07, 6.45) is 4.60. The standard InChI is InChI=1S/C13H26O2/c1-5-9-13(15-8-4)12(14)10-11(6-2)7-3/h11,13H,5-10H2,1-4H3. The molecule has 0 heterocycles.